The molecule has 1 saturated heterocycles. The van der Waals surface area contributed by atoms with Gasteiger partial charge >= 0.3 is 0 Å². The van der Waals surface area contributed by atoms with Crippen LogP contribution < -0.4 is 5.32 Å². The van der Waals surface area contributed by atoms with E-state index < -0.39 is 0 Å². The van der Waals surface area contributed by atoms with E-state index in [2.05, 4.69) is 17.2 Å². The molecular formula is C15H17NO3. The molecule has 2 rings (SSSR count). The molecule has 0 aliphatic carbocycles. The summed E-state index contributed by atoms with van der Waals surface area (Å²) in [4.78, 5) is 11.9. The quantitative estimate of drug-likeness (QED) is 0.794. The normalized spacial score (nSPS) is 17.6. The van der Waals surface area contributed by atoms with Gasteiger partial charge in [-0.05, 0) is 37.1 Å². The van der Waals surface area contributed by atoms with Gasteiger partial charge < -0.3 is 15.2 Å². The van der Waals surface area contributed by atoms with Crippen molar-refractivity contribution in [3.63, 3.8) is 0 Å². The molecule has 0 aromatic heterocycles. The maximum atomic E-state index is 11.9. The lowest BCUT2D eigenvalue weighted by Gasteiger charge is -2.10. The van der Waals surface area contributed by atoms with Crippen molar-refractivity contribution in [3.05, 3.63) is 35.4 Å². The summed E-state index contributed by atoms with van der Waals surface area (Å²) >= 11 is 0. The van der Waals surface area contributed by atoms with Gasteiger partial charge in [0, 0.05) is 24.3 Å². The minimum absolute atomic E-state index is 0.0998. The largest absolute Gasteiger partial charge is 0.384 e. The van der Waals surface area contributed by atoms with E-state index in [0.29, 0.717) is 12.1 Å². The fraction of sp³-hybridized carbons (Fsp3) is 0.400. The van der Waals surface area contributed by atoms with E-state index in [4.69, 9.17) is 9.84 Å². The van der Waals surface area contributed by atoms with E-state index in [0.717, 1.165) is 25.0 Å². The van der Waals surface area contributed by atoms with Crippen LogP contribution in [0.3, 0.4) is 0 Å². The fourth-order valence-corrected chi connectivity index (χ4v) is 1.96. The minimum atomic E-state index is -0.163. The number of carbonyl (C=O) groups is 1. The Labute approximate surface area is 112 Å². The van der Waals surface area contributed by atoms with Gasteiger partial charge in [-0.2, -0.15) is 0 Å². The highest BCUT2D eigenvalue weighted by Gasteiger charge is 2.16. The zero-order chi connectivity index (χ0) is 13.5. The van der Waals surface area contributed by atoms with Crippen molar-refractivity contribution in [2.75, 3.05) is 19.8 Å². The van der Waals surface area contributed by atoms with Crippen molar-refractivity contribution in [2.45, 2.75) is 18.9 Å². The van der Waals surface area contributed by atoms with Gasteiger partial charge in [0.1, 0.15) is 6.61 Å². The zero-order valence-corrected chi connectivity index (χ0v) is 10.7. The van der Waals surface area contributed by atoms with Crippen molar-refractivity contribution < 1.29 is 14.6 Å². The molecule has 1 heterocycles. The molecule has 1 aliphatic heterocycles. The second-order valence-electron chi connectivity index (χ2n) is 4.38. The molecule has 100 valence electrons. The number of ether oxygens (including phenoxy) is 1. The van der Waals surface area contributed by atoms with Gasteiger partial charge in [0.2, 0.25) is 0 Å². The number of aliphatic hydroxyl groups is 1. The first-order valence-corrected chi connectivity index (χ1v) is 6.39. The Morgan fingerprint density at radius 1 is 1.42 bits per heavy atom. The van der Waals surface area contributed by atoms with Gasteiger partial charge in [-0.3, -0.25) is 4.79 Å². The fourth-order valence-electron chi connectivity index (χ4n) is 1.96. The first-order valence-electron chi connectivity index (χ1n) is 6.39. The first-order chi connectivity index (χ1) is 9.29. The third-order valence-electron chi connectivity index (χ3n) is 2.97. The molecule has 4 nitrogen and oxygen atoms in total. The Bertz CT molecular complexity index is 478. The van der Waals surface area contributed by atoms with E-state index in [-0.39, 0.29) is 18.6 Å². The van der Waals surface area contributed by atoms with Gasteiger partial charge in [0.05, 0.1) is 6.10 Å². The summed E-state index contributed by atoms with van der Waals surface area (Å²) in [6.45, 7) is 1.19. The second-order valence-corrected chi connectivity index (χ2v) is 4.38. The molecule has 2 N–H and O–H groups in total. The second kappa shape index (κ2) is 6.93. The molecule has 0 radical (unpaired) electrons. The average Bonchev–Trinajstić information content (AvgIpc) is 2.96. The zero-order valence-electron chi connectivity index (χ0n) is 10.7. The van der Waals surface area contributed by atoms with E-state index in [1.807, 2.05) is 0 Å². The van der Waals surface area contributed by atoms with Gasteiger partial charge in [0.25, 0.3) is 5.91 Å². The summed E-state index contributed by atoms with van der Waals surface area (Å²) < 4.78 is 5.45. The molecule has 1 atom stereocenters. The third kappa shape index (κ3) is 4.09. The van der Waals surface area contributed by atoms with E-state index in [1.165, 1.54) is 0 Å². The van der Waals surface area contributed by atoms with Crippen molar-refractivity contribution >= 4 is 5.91 Å². The summed E-state index contributed by atoms with van der Waals surface area (Å²) in [6.07, 6.45) is 2.23. The predicted octanol–water partition coefficient (Wildman–Crippen LogP) is 0.939. The number of aliphatic hydroxyl groups excluding tert-OH is 1. The number of benzene rings is 1. The molecule has 1 aromatic carbocycles. The van der Waals surface area contributed by atoms with Crippen LogP contribution in [0, 0.1) is 11.8 Å². The van der Waals surface area contributed by atoms with Crippen molar-refractivity contribution in [1.82, 2.24) is 5.32 Å². The molecule has 0 saturated carbocycles. The summed E-state index contributed by atoms with van der Waals surface area (Å²) in [5.74, 6) is 5.25. The minimum Gasteiger partial charge on any atom is -0.384 e. The van der Waals surface area contributed by atoms with Crippen LogP contribution >= 0.6 is 0 Å². The SMILES string of the molecule is O=C(NCC1CCCO1)c1ccc(C#CCO)cc1. The Balaban J connectivity index is 1.88. The topological polar surface area (TPSA) is 58.6 Å². The number of nitrogens with one attached hydrogen (secondary N) is 1. The summed E-state index contributed by atoms with van der Waals surface area (Å²) in [5.41, 5.74) is 1.39. The van der Waals surface area contributed by atoms with Crippen LogP contribution in [0.4, 0.5) is 0 Å². The molecule has 1 aromatic rings. The number of hydrogen-bond acceptors (Lipinski definition) is 3. The first kappa shape index (κ1) is 13.6. The van der Waals surface area contributed by atoms with Crippen LogP contribution in [0.15, 0.2) is 24.3 Å². The standard InChI is InChI=1S/C15H17NO3/c17-9-1-3-12-5-7-13(8-6-12)15(18)16-11-14-4-2-10-19-14/h5-8,14,17H,2,4,9-11H2,(H,16,18). The van der Waals surface area contributed by atoms with Crippen LogP contribution in [0.5, 0.6) is 0 Å². The molecule has 1 amide bonds. The summed E-state index contributed by atoms with van der Waals surface area (Å²) in [7, 11) is 0. The molecule has 19 heavy (non-hydrogen) atoms. The Morgan fingerprint density at radius 3 is 2.84 bits per heavy atom. The highest BCUT2D eigenvalue weighted by molar-refractivity contribution is 5.94. The van der Waals surface area contributed by atoms with Crippen LogP contribution in [0.1, 0.15) is 28.8 Å². The van der Waals surface area contributed by atoms with Gasteiger partial charge in [-0.25, -0.2) is 0 Å². The number of carbonyl (C=O) groups excluding carboxylic acids is 1. The van der Waals surface area contributed by atoms with Crippen molar-refractivity contribution in [2.24, 2.45) is 0 Å². The molecule has 4 heteroatoms. The van der Waals surface area contributed by atoms with Gasteiger partial charge in [-0.1, -0.05) is 11.8 Å². The molecule has 1 unspecified atom stereocenters. The average molecular weight is 259 g/mol. The van der Waals surface area contributed by atoms with Crippen LogP contribution in [0.2, 0.25) is 0 Å². The maximum Gasteiger partial charge on any atom is 0.251 e. The van der Waals surface area contributed by atoms with Crippen molar-refractivity contribution in [1.29, 1.82) is 0 Å². The number of hydrogen-bond donors (Lipinski definition) is 2. The molecule has 1 fully saturated rings. The Kier molecular flexibility index (Phi) is 4.96. The van der Waals surface area contributed by atoms with Crippen molar-refractivity contribution in [3.8, 4) is 11.8 Å². The Morgan fingerprint density at radius 2 is 2.21 bits per heavy atom. The Hall–Kier alpha value is -1.83. The summed E-state index contributed by atoms with van der Waals surface area (Å²) in [5, 5.41) is 11.5. The monoisotopic (exact) mass is 259 g/mol. The molecule has 0 spiro atoms. The maximum absolute atomic E-state index is 11.9. The summed E-state index contributed by atoms with van der Waals surface area (Å²) in [6, 6.07) is 6.99. The molecular weight excluding hydrogens is 242 g/mol. The lowest BCUT2D eigenvalue weighted by Crippen LogP contribution is -2.31. The number of amides is 1. The van der Waals surface area contributed by atoms with E-state index in [1.54, 1.807) is 24.3 Å². The highest BCUT2D eigenvalue weighted by atomic mass is 16.5. The lowest BCUT2D eigenvalue weighted by molar-refractivity contribution is 0.0858. The predicted molar refractivity (Wildman–Crippen MR) is 71.7 cm³/mol. The highest BCUT2D eigenvalue weighted by Crippen LogP contribution is 2.11. The number of rotatable bonds is 3. The van der Waals surface area contributed by atoms with E-state index >= 15 is 0 Å². The molecule has 1 aliphatic rings. The van der Waals surface area contributed by atoms with Crippen LogP contribution in [-0.2, 0) is 4.74 Å². The lowest BCUT2D eigenvalue weighted by atomic mass is 10.1. The molecule has 0 bridgehead atoms. The van der Waals surface area contributed by atoms with Gasteiger partial charge in [-0.15, -0.1) is 0 Å². The van der Waals surface area contributed by atoms with E-state index in [9.17, 15) is 4.79 Å². The third-order valence-corrected chi connectivity index (χ3v) is 2.97. The smallest absolute Gasteiger partial charge is 0.251 e. The van der Waals surface area contributed by atoms with Crippen LogP contribution in [-0.4, -0.2) is 36.9 Å². The van der Waals surface area contributed by atoms with Crippen LogP contribution in [0.25, 0.3) is 0 Å². The van der Waals surface area contributed by atoms with Gasteiger partial charge in [0.15, 0.2) is 0 Å².